The molecule has 1 amide bonds. The molecule has 0 radical (unpaired) electrons. The minimum atomic E-state index is -0.907. The van der Waals surface area contributed by atoms with Crippen LogP contribution >= 0.6 is 0 Å². The van der Waals surface area contributed by atoms with Crippen molar-refractivity contribution in [2.45, 2.75) is 33.2 Å². The van der Waals surface area contributed by atoms with Crippen LogP contribution in [0.1, 0.15) is 26.3 Å². The van der Waals surface area contributed by atoms with E-state index in [1.807, 2.05) is 20.8 Å². The second-order valence-electron chi connectivity index (χ2n) is 5.33. The van der Waals surface area contributed by atoms with E-state index in [0.717, 1.165) is 5.56 Å². The first-order chi connectivity index (χ1) is 9.28. The molecule has 0 saturated heterocycles. The summed E-state index contributed by atoms with van der Waals surface area (Å²) in [7, 11) is 0. The van der Waals surface area contributed by atoms with Crippen LogP contribution in [0.2, 0.25) is 0 Å². The maximum absolute atomic E-state index is 13.1. The van der Waals surface area contributed by atoms with E-state index in [0.29, 0.717) is 5.69 Å². The van der Waals surface area contributed by atoms with Crippen molar-refractivity contribution in [2.24, 2.45) is 5.92 Å². The molecule has 0 aromatic heterocycles. The lowest BCUT2D eigenvalue weighted by atomic mass is 9.90. The van der Waals surface area contributed by atoms with Crippen LogP contribution in [0.3, 0.4) is 0 Å². The summed E-state index contributed by atoms with van der Waals surface area (Å²) in [6.45, 7) is 7.24. The molecule has 20 heavy (non-hydrogen) atoms. The van der Waals surface area contributed by atoms with Gasteiger partial charge in [0.05, 0.1) is 12.6 Å². The number of benzene rings is 1. The predicted octanol–water partition coefficient (Wildman–Crippen LogP) is 2.60. The SMILES string of the molecule is Cc1ccc(F)cc1NCC(=O)N[C@](C)(C#N)C(C)C. The van der Waals surface area contributed by atoms with Gasteiger partial charge in [-0.2, -0.15) is 5.26 Å². The van der Waals surface area contributed by atoms with Gasteiger partial charge in [0, 0.05) is 5.69 Å². The number of nitrogens with one attached hydrogen (secondary N) is 2. The van der Waals surface area contributed by atoms with Gasteiger partial charge in [-0.15, -0.1) is 0 Å². The number of aryl methyl sites for hydroxylation is 1. The maximum Gasteiger partial charge on any atom is 0.240 e. The zero-order valence-electron chi connectivity index (χ0n) is 12.2. The fourth-order valence-electron chi connectivity index (χ4n) is 1.60. The highest BCUT2D eigenvalue weighted by Gasteiger charge is 2.29. The van der Waals surface area contributed by atoms with Crippen molar-refractivity contribution in [3.05, 3.63) is 29.6 Å². The highest BCUT2D eigenvalue weighted by molar-refractivity contribution is 5.82. The van der Waals surface area contributed by atoms with Crippen molar-refractivity contribution >= 4 is 11.6 Å². The van der Waals surface area contributed by atoms with E-state index in [4.69, 9.17) is 5.26 Å². The van der Waals surface area contributed by atoms with Crippen molar-refractivity contribution < 1.29 is 9.18 Å². The molecular formula is C15H20FN3O. The summed E-state index contributed by atoms with van der Waals surface area (Å²) in [4.78, 5) is 11.9. The third-order valence-corrected chi connectivity index (χ3v) is 3.43. The van der Waals surface area contributed by atoms with Crippen LogP contribution in [0.4, 0.5) is 10.1 Å². The Labute approximate surface area is 119 Å². The summed E-state index contributed by atoms with van der Waals surface area (Å²) < 4.78 is 13.1. The van der Waals surface area contributed by atoms with Gasteiger partial charge in [0.2, 0.25) is 5.91 Å². The molecule has 0 spiro atoms. The number of amides is 1. The van der Waals surface area contributed by atoms with Crippen LogP contribution in [0, 0.1) is 30.0 Å². The second-order valence-corrected chi connectivity index (χ2v) is 5.33. The Hall–Kier alpha value is -2.09. The van der Waals surface area contributed by atoms with Gasteiger partial charge >= 0.3 is 0 Å². The molecule has 1 rings (SSSR count). The van der Waals surface area contributed by atoms with Crippen LogP contribution < -0.4 is 10.6 Å². The highest BCUT2D eigenvalue weighted by Crippen LogP contribution is 2.17. The van der Waals surface area contributed by atoms with Crippen LogP contribution in [0.5, 0.6) is 0 Å². The van der Waals surface area contributed by atoms with Gasteiger partial charge in [0.1, 0.15) is 11.4 Å². The zero-order valence-corrected chi connectivity index (χ0v) is 12.2. The van der Waals surface area contributed by atoms with Crippen LogP contribution in [0.15, 0.2) is 18.2 Å². The molecule has 0 aliphatic heterocycles. The Morgan fingerprint density at radius 1 is 1.50 bits per heavy atom. The first-order valence-corrected chi connectivity index (χ1v) is 6.51. The van der Waals surface area contributed by atoms with Crippen LogP contribution in [-0.4, -0.2) is 18.0 Å². The first-order valence-electron chi connectivity index (χ1n) is 6.51. The van der Waals surface area contributed by atoms with Crippen molar-refractivity contribution in [2.75, 3.05) is 11.9 Å². The average molecular weight is 277 g/mol. The molecular weight excluding hydrogens is 257 g/mol. The quantitative estimate of drug-likeness (QED) is 0.869. The number of carbonyl (C=O) groups excluding carboxylic acids is 1. The van der Waals surface area contributed by atoms with E-state index < -0.39 is 5.54 Å². The summed E-state index contributed by atoms with van der Waals surface area (Å²) in [5.74, 6) is -0.665. The first kappa shape index (κ1) is 16.0. The minimum absolute atomic E-state index is 0.00567. The van der Waals surface area contributed by atoms with E-state index in [-0.39, 0.29) is 24.2 Å². The number of carbonyl (C=O) groups is 1. The van der Waals surface area contributed by atoms with E-state index in [9.17, 15) is 9.18 Å². The lowest BCUT2D eigenvalue weighted by Crippen LogP contribution is -2.50. The number of hydrogen-bond donors (Lipinski definition) is 2. The smallest absolute Gasteiger partial charge is 0.240 e. The van der Waals surface area contributed by atoms with Crippen LogP contribution in [0.25, 0.3) is 0 Å². The summed E-state index contributed by atoms with van der Waals surface area (Å²) >= 11 is 0. The Kier molecular flexibility index (Phi) is 5.09. The number of halogens is 1. The number of rotatable bonds is 5. The topological polar surface area (TPSA) is 64.9 Å². The van der Waals surface area contributed by atoms with E-state index >= 15 is 0 Å². The molecule has 0 heterocycles. The largest absolute Gasteiger partial charge is 0.376 e. The normalized spacial score (nSPS) is 13.4. The number of nitriles is 1. The summed E-state index contributed by atoms with van der Waals surface area (Å²) in [5, 5.41) is 14.7. The fraction of sp³-hybridized carbons (Fsp3) is 0.467. The second kappa shape index (κ2) is 6.38. The Balaban J connectivity index is 2.65. The Bertz CT molecular complexity index is 536. The van der Waals surface area contributed by atoms with Gasteiger partial charge in [-0.05, 0) is 37.5 Å². The van der Waals surface area contributed by atoms with E-state index in [1.54, 1.807) is 13.0 Å². The average Bonchev–Trinajstić information content (AvgIpc) is 2.39. The number of hydrogen-bond acceptors (Lipinski definition) is 3. The summed E-state index contributed by atoms with van der Waals surface area (Å²) in [6.07, 6.45) is 0. The Morgan fingerprint density at radius 3 is 2.70 bits per heavy atom. The predicted molar refractivity (Wildman–Crippen MR) is 76.6 cm³/mol. The standard InChI is InChI=1S/C15H20FN3O/c1-10(2)15(4,9-17)19-14(20)8-18-13-7-12(16)6-5-11(13)3/h5-7,10,18H,8H2,1-4H3,(H,19,20)/t15-/m1/s1. The van der Waals surface area contributed by atoms with Gasteiger partial charge in [0.15, 0.2) is 0 Å². The van der Waals surface area contributed by atoms with E-state index in [1.165, 1.54) is 12.1 Å². The molecule has 0 aliphatic carbocycles. The number of nitrogens with zero attached hydrogens (tertiary/aromatic N) is 1. The molecule has 0 aliphatic rings. The molecule has 5 heteroatoms. The summed E-state index contributed by atoms with van der Waals surface area (Å²) in [5.41, 5.74) is 0.518. The van der Waals surface area contributed by atoms with Crippen LogP contribution in [-0.2, 0) is 4.79 Å². The minimum Gasteiger partial charge on any atom is -0.376 e. The molecule has 108 valence electrons. The lowest BCUT2D eigenvalue weighted by Gasteiger charge is -2.27. The molecule has 0 fully saturated rings. The third kappa shape index (κ3) is 3.95. The third-order valence-electron chi connectivity index (χ3n) is 3.43. The van der Waals surface area contributed by atoms with Gasteiger partial charge in [-0.3, -0.25) is 4.79 Å². The molecule has 4 nitrogen and oxygen atoms in total. The van der Waals surface area contributed by atoms with Crippen molar-refractivity contribution in [3.63, 3.8) is 0 Å². The summed E-state index contributed by atoms with van der Waals surface area (Å²) in [6, 6.07) is 6.46. The van der Waals surface area contributed by atoms with Gasteiger partial charge in [0.25, 0.3) is 0 Å². The molecule has 0 saturated carbocycles. The lowest BCUT2D eigenvalue weighted by molar-refractivity contribution is -0.121. The molecule has 1 aromatic rings. The van der Waals surface area contributed by atoms with Crippen molar-refractivity contribution in [1.29, 1.82) is 5.26 Å². The zero-order chi connectivity index (χ0) is 15.3. The highest BCUT2D eigenvalue weighted by atomic mass is 19.1. The van der Waals surface area contributed by atoms with Gasteiger partial charge < -0.3 is 10.6 Å². The molecule has 1 atom stereocenters. The van der Waals surface area contributed by atoms with Crippen molar-refractivity contribution in [1.82, 2.24) is 5.32 Å². The monoisotopic (exact) mass is 277 g/mol. The van der Waals surface area contributed by atoms with Gasteiger partial charge in [-0.1, -0.05) is 19.9 Å². The molecule has 1 aromatic carbocycles. The molecule has 2 N–H and O–H groups in total. The van der Waals surface area contributed by atoms with Gasteiger partial charge in [-0.25, -0.2) is 4.39 Å². The van der Waals surface area contributed by atoms with Crippen molar-refractivity contribution in [3.8, 4) is 6.07 Å². The number of anilines is 1. The molecule has 0 unspecified atom stereocenters. The molecule has 0 bridgehead atoms. The van der Waals surface area contributed by atoms with E-state index in [2.05, 4.69) is 16.7 Å². The maximum atomic E-state index is 13.1. The fourth-order valence-corrected chi connectivity index (χ4v) is 1.60. The Morgan fingerprint density at radius 2 is 2.15 bits per heavy atom.